The normalized spacial score (nSPS) is 19.3. The van der Waals surface area contributed by atoms with Gasteiger partial charge in [0.1, 0.15) is 11.8 Å². The average molecular weight is 227 g/mol. The van der Waals surface area contributed by atoms with Crippen LogP contribution in [0.4, 0.5) is 0 Å². The molecule has 0 heterocycles. The Bertz CT molecular complexity index is 247. The maximum Gasteiger partial charge on any atom is 0.320 e. The third kappa shape index (κ3) is 4.75. The molecule has 1 unspecified atom stereocenters. The Morgan fingerprint density at radius 1 is 1.31 bits per heavy atom. The van der Waals surface area contributed by atoms with Crippen molar-refractivity contribution in [2.75, 3.05) is 6.54 Å². The molecular formula is C12H21NO3. The molecule has 0 aromatic carbocycles. The summed E-state index contributed by atoms with van der Waals surface area (Å²) in [5.74, 6) is -0.242. The van der Waals surface area contributed by atoms with Gasteiger partial charge in [-0.05, 0) is 12.8 Å². The molecule has 16 heavy (non-hydrogen) atoms. The maximum atomic E-state index is 11.6. The first-order valence-corrected chi connectivity index (χ1v) is 6.07. The molecule has 2 N–H and O–H groups in total. The Balaban J connectivity index is 2.17. The Hall–Kier alpha value is -0.900. The number of rotatable bonds is 6. The summed E-state index contributed by atoms with van der Waals surface area (Å²) >= 11 is 0. The predicted octanol–water partition coefficient (Wildman–Crippen LogP) is 1.59. The smallest absolute Gasteiger partial charge is 0.320 e. The van der Waals surface area contributed by atoms with Crippen LogP contribution in [0.3, 0.4) is 0 Å². The minimum atomic E-state index is -0.912. The largest absolute Gasteiger partial charge is 0.480 e. The maximum absolute atomic E-state index is 11.6. The Morgan fingerprint density at radius 2 is 1.94 bits per heavy atom. The van der Waals surface area contributed by atoms with Gasteiger partial charge in [0.25, 0.3) is 0 Å². The van der Waals surface area contributed by atoms with Gasteiger partial charge >= 0.3 is 5.97 Å². The minimum Gasteiger partial charge on any atom is -0.480 e. The van der Waals surface area contributed by atoms with Crippen LogP contribution < -0.4 is 5.32 Å². The second kappa shape index (κ2) is 6.63. The summed E-state index contributed by atoms with van der Waals surface area (Å²) in [4.78, 5) is 22.1. The summed E-state index contributed by atoms with van der Waals surface area (Å²) < 4.78 is 0. The van der Waals surface area contributed by atoms with Crippen LogP contribution in [0.15, 0.2) is 0 Å². The highest BCUT2D eigenvalue weighted by atomic mass is 16.4. The molecule has 4 heteroatoms. The first-order chi connectivity index (χ1) is 7.59. The molecule has 0 aromatic rings. The lowest BCUT2D eigenvalue weighted by Crippen LogP contribution is -2.37. The van der Waals surface area contributed by atoms with Gasteiger partial charge in [-0.25, -0.2) is 0 Å². The molecule has 0 spiro atoms. The molecule has 0 aliphatic heterocycles. The first kappa shape index (κ1) is 13.2. The number of carbonyl (C=O) groups is 2. The van der Waals surface area contributed by atoms with Gasteiger partial charge in [0.05, 0.1) is 6.54 Å². The molecule has 0 aromatic heterocycles. The summed E-state index contributed by atoms with van der Waals surface area (Å²) in [5.41, 5.74) is 0. The second-order valence-electron chi connectivity index (χ2n) is 4.69. The molecule has 1 rings (SSSR count). The number of carbonyl (C=O) groups excluding carboxylic acids is 1. The first-order valence-electron chi connectivity index (χ1n) is 6.07. The zero-order chi connectivity index (χ0) is 12.0. The summed E-state index contributed by atoms with van der Waals surface area (Å²) in [5, 5.41) is 11.4. The van der Waals surface area contributed by atoms with Crippen molar-refractivity contribution in [3.8, 4) is 0 Å². The summed E-state index contributed by atoms with van der Waals surface area (Å²) in [6.07, 6.45) is 6.67. The van der Waals surface area contributed by atoms with Gasteiger partial charge in [0, 0.05) is 6.42 Å². The van der Waals surface area contributed by atoms with Crippen LogP contribution in [-0.4, -0.2) is 29.4 Å². The summed E-state index contributed by atoms with van der Waals surface area (Å²) in [6, 6.07) is -0.643. The van der Waals surface area contributed by atoms with E-state index in [9.17, 15) is 9.59 Å². The minimum absolute atomic E-state index is 0.139. The number of hydrogen-bond donors (Lipinski definition) is 2. The van der Waals surface area contributed by atoms with Crippen LogP contribution in [-0.2, 0) is 9.59 Å². The standard InChI is InChI=1S/C12H21NO3/c1-9(12(15)16)13-8-11(14)7-10-5-3-2-4-6-10/h9-10,13H,2-8H2,1H3,(H,15,16). The topological polar surface area (TPSA) is 66.4 Å². The number of aliphatic carboxylic acids is 1. The molecular weight excluding hydrogens is 206 g/mol. The van der Waals surface area contributed by atoms with E-state index >= 15 is 0 Å². The van der Waals surface area contributed by atoms with Gasteiger partial charge in [-0.1, -0.05) is 32.1 Å². The van der Waals surface area contributed by atoms with Crippen molar-refractivity contribution >= 4 is 11.8 Å². The Morgan fingerprint density at radius 3 is 2.50 bits per heavy atom. The summed E-state index contributed by atoms with van der Waals surface area (Å²) in [7, 11) is 0. The Labute approximate surface area is 96.4 Å². The van der Waals surface area contributed by atoms with Crippen molar-refractivity contribution in [1.82, 2.24) is 5.32 Å². The van der Waals surface area contributed by atoms with Gasteiger partial charge < -0.3 is 5.11 Å². The van der Waals surface area contributed by atoms with Gasteiger partial charge in [0.2, 0.25) is 0 Å². The van der Waals surface area contributed by atoms with E-state index < -0.39 is 12.0 Å². The lowest BCUT2D eigenvalue weighted by atomic mass is 9.86. The highest BCUT2D eigenvalue weighted by Gasteiger charge is 2.18. The van der Waals surface area contributed by atoms with Crippen molar-refractivity contribution in [2.24, 2.45) is 5.92 Å². The second-order valence-corrected chi connectivity index (χ2v) is 4.69. The van der Waals surface area contributed by atoms with Crippen LogP contribution in [0.2, 0.25) is 0 Å². The third-order valence-corrected chi connectivity index (χ3v) is 3.22. The lowest BCUT2D eigenvalue weighted by Gasteiger charge is -2.20. The Kier molecular flexibility index (Phi) is 5.46. The fourth-order valence-corrected chi connectivity index (χ4v) is 2.14. The zero-order valence-corrected chi connectivity index (χ0v) is 9.87. The average Bonchev–Trinajstić information content (AvgIpc) is 2.27. The highest BCUT2D eigenvalue weighted by Crippen LogP contribution is 2.26. The fraction of sp³-hybridized carbons (Fsp3) is 0.833. The molecule has 1 fully saturated rings. The van der Waals surface area contributed by atoms with Crippen molar-refractivity contribution in [1.29, 1.82) is 0 Å². The number of carboxylic acids is 1. The monoisotopic (exact) mass is 227 g/mol. The van der Waals surface area contributed by atoms with E-state index in [0.29, 0.717) is 12.3 Å². The molecule has 1 saturated carbocycles. The molecule has 0 saturated heterocycles. The zero-order valence-electron chi connectivity index (χ0n) is 9.87. The number of hydrogen-bond acceptors (Lipinski definition) is 3. The predicted molar refractivity (Wildman–Crippen MR) is 61.3 cm³/mol. The van der Waals surface area contributed by atoms with Crippen molar-refractivity contribution in [3.63, 3.8) is 0 Å². The van der Waals surface area contributed by atoms with Crippen LogP contribution in [0.5, 0.6) is 0 Å². The molecule has 1 aliphatic rings. The molecule has 0 amide bonds. The van der Waals surface area contributed by atoms with E-state index in [2.05, 4.69) is 5.32 Å². The van der Waals surface area contributed by atoms with Crippen molar-refractivity contribution in [3.05, 3.63) is 0 Å². The van der Waals surface area contributed by atoms with Crippen molar-refractivity contribution < 1.29 is 14.7 Å². The molecule has 92 valence electrons. The third-order valence-electron chi connectivity index (χ3n) is 3.22. The fourth-order valence-electron chi connectivity index (χ4n) is 2.14. The van der Waals surface area contributed by atoms with E-state index in [1.54, 1.807) is 6.92 Å². The van der Waals surface area contributed by atoms with Gasteiger partial charge in [-0.15, -0.1) is 0 Å². The number of Topliss-reactive ketones (excluding diaryl/α,β-unsaturated/α-hetero) is 1. The van der Waals surface area contributed by atoms with Crippen LogP contribution >= 0.6 is 0 Å². The lowest BCUT2D eigenvalue weighted by molar-refractivity contribution is -0.139. The van der Waals surface area contributed by atoms with Crippen LogP contribution in [0.1, 0.15) is 45.4 Å². The molecule has 1 aliphatic carbocycles. The van der Waals surface area contributed by atoms with E-state index in [0.717, 1.165) is 12.8 Å². The van der Waals surface area contributed by atoms with Crippen molar-refractivity contribution in [2.45, 2.75) is 51.5 Å². The van der Waals surface area contributed by atoms with Crippen LogP contribution in [0, 0.1) is 5.92 Å². The van der Waals surface area contributed by atoms with E-state index in [4.69, 9.17) is 5.11 Å². The number of nitrogens with one attached hydrogen (secondary N) is 1. The van der Waals surface area contributed by atoms with Gasteiger partial charge in [0.15, 0.2) is 0 Å². The SMILES string of the molecule is CC(NCC(=O)CC1CCCCC1)C(=O)O. The molecule has 0 bridgehead atoms. The van der Waals surface area contributed by atoms with Gasteiger partial charge in [-0.3, -0.25) is 14.9 Å². The van der Waals surface area contributed by atoms with Crippen LogP contribution in [0.25, 0.3) is 0 Å². The van der Waals surface area contributed by atoms with E-state index in [-0.39, 0.29) is 12.3 Å². The van der Waals surface area contributed by atoms with E-state index in [1.165, 1.54) is 19.3 Å². The molecule has 1 atom stereocenters. The quantitative estimate of drug-likeness (QED) is 0.723. The number of carboxylic acid groups (broad SMARTS) is 1. The highest BCUT2D eigenvalue weighted by molar-refractivity contribution is 5.81. The molecule has 4 nitrogen and oxygen atoms in total. The number of ketones is 1. The van der Waals surface area contributed by atoms with Gasteiger partial charge in [-0.2, -0.15) is 0 Å². The van der Waals surface area contributed by atoms with E-state index in [1.807, 2.05) is 0 Å². The summed E-state index contributed by atoms with van der Waals surface area (Å²) in [6.45, 7) is 1.74. The molecule has 0 radical (unpaired) electrons.